The van der Waals surface area contributed by atoms with Crippen molar-refractivity contribution < 1.29 is 0 Å². The van der Waals surface area contributed by atoms with Crippen molar-refractivity contribution in [3.05, 3.63) is 39.7 Å². The molecule has 112 valence electrons. The lowest BCUT2D eigenvalue weighted by atomic mass is 10.1. The molecule has 0 unspecified atom stereocenters. The molecule has 1 N–H and O–H groups in total. The molecule has 0 radical (unpaired) electrons. The Kier molecular flexibility index (Phi) is 3.16. The van der Waals surface area contributed by atoms with E-state index in [2.05, 4.69) is 45.9 Å². The minimum absolute atomic E-state index is 0.809. The molecule has 4 rings (SSSR count). The second kappa shape index (κ2) is 5.07. The van der Waals surface area contributed by atoms with Crippen LogP contribution >= 0.6 is 22.7 Å². The summed E-state index contributed by atoms with van der Waals surface area (Å²) in [6, 6.07) is 6.35. The van der Waals surface area contributed by atoms with E-state index in [1.54, 1.807) is 22.7 Å². The van der Waals surface area contributed by atoms with Gasteiger partial charge in [-0.05, 0) is 36.9 Å². The van der Waals surface area contributed by atoms with Crippen LogP contribution in [-0.4, -0.2) is 14.8 Å². The van der Waals surface area contributed by atoms with Gasteiger partial charge in [-0.25, -0.2) is 4.98 Å². The summed E-state index contributed by atoms with van der Waals surface area (Å²) in [6.07, 6.45) is 0. The van der Waals surface area contributed by atoms with Gasteiger partial charge in [0.25, 0.3) is 0 Å². The molecule has 0 saturated carbocycles. The van der Waals surface area contributed by atoms with Crippen molar-refractivity contribution >= 4 is 48.9 Å². The van der Waals surface area contributed by atoms with Crippen LogP contribution in [0.15, 0.2) is 23.6 Å². The molecule has 0 saturated heterocycles. The lowest BCUT2D eigenvalue weighted by Gasteiger charge is -2.01. The van der Waals surface area contributed by atoms with Gasteiger partial charge in [-0.3, -0.25) is 4.68 Å². The van der Waals surface area contributed by atoms with E-state index in [1.807, 2.05) is 18.7 Å². The molecule has 0 bridgehead atoms. The highest BCUT2D eigenvalue weighted by Gasteiger charge is 2.17. The van der Waals surface area contributed by atoms with Crippen molar-refractivity contribution in [2.75, 3.05) is 5.32 Å². The van der Waals surface area contributed by atoms with Crippen LogP contribution in [0.4, 0.5) is 5.82 Å². The third kappa shape index (κ3) is 2.10. The molecule has 0 aliphatic carbocycles. The van der Waals surface area contributed by atoms with Gasteiger partial charge in [0.05, 0.1) is 16.8 Å². The summed E-state index contributed by atoms with van der Waals surface area (Å²) >= 11 is 3.48. The smallest absolute Gasteiger partial charge is 0.166 e. The highest BCUT2D eigenvalue weighted by atomic mass is 32.1. The first-order valence-corrected chi connectivity index (χ1v) is 8.83. The third-order valence-corrected chi connectivity index (χ3v) is 5.72. The monoisotopic (exact) mass is 328 g/mol. The molecule has 0 amide bonds. The van der Waals surface area contributed by atoms with Gasteiger partial charge < -0.3 is 5.32 Å². The maximum atomic E-state index is 4.69. The number of nitrogens with one attached hydrogen (secondary N) is 1. The number of fused-ring (bicyclic) bond motifs is 3. The van der Waals surface area contributed by atoms with Gasteiger partial charge in [0.1, 0.15) is 4.83 Å². The Bertz CT molecular complexity index is 963. The quantitative estimate of drug-likeness (QED) is 0.603. The van der Waals surface area contributed by atoms with Crippen molar-refractivity contribution in [1.29, 1.82) is 0 Å². The van der Waals surface area contributed by atoms with Crippen molar-refractivity contribution in [1.82, 2.24) is 14.8 Å². The van der Waals surface area contributed by atoms with Crippen LogP contribution in [-0.2, 0) is 13.6 Å². The van der Waals surface area contributed by atoms with Gasteiger partial charge in [-0.15, -0.1) is 22.7 Å². The molecule has 4 aromatic heterocycles. The fourth-order valence-corrected chi connectivity index (χ4v) is 4.77. The minimum atomic E-state index is 0.809. The zero-order chi connectivity index (χ0) is 15.3. The average Bonchev–Trinajstić information content (AvgIpc) is 3.14. The maximum Gasteiger partial charge on any atom is 0.166 e. The molecule has 0 fully saturated rings. The van der Waals surface area contributed by atoms with Crippen LogP contribution in [0.1, 0.15) is 16.1 Å². The lowest BCUT2D eigenvalue weighted by molar-refractivity contribution is 0.799. The standard InChI is InChI=1S/C16H16N4S2/c1-9-7-10(2)18-16-12(9)13-14(22-16)15(19-20(13)3)17-8-11-5-4-6-21-11/h4-7H,8H2,1-3H3,(H,17,19). The number of rotatable bonds is 3. The van der Waals surface area contributed by atoms with E-state index >= 15 is 0 Å². The fraction of sp³-hybridized carbons (Fsp3) is 0.250. The summed E-state index contributed by atoms with van der Waals surface area (Å²) in [5, 5.41) is 11.4. The van der Waals surface area contributed by atoms with E-state index < -0.39 is 0 Å². The van der Waals surface area contributed by atoms with E-state index in [0.29, 0.717) is 0 Å². The first kappa shape index (κ1) is 13.7. The lowest BCUT2D eigenvalue weighted by Crippen LogP contribution is -1.99. The second-order valence-corrected chi connectivity index (χ2v) is 7.48. The predicted molar refractivity (Wildman–Crippen MR) is 95.0 cm³/mol. The highest BCUT2D eigenvalue weighted by molar-refractivity contribution is 7.26. The van der Waals surface area contributed by atoms with E-state index in [4.69, 9.17) is 0 Å². The number of aromatic nitrogens is 3. The zero-order valence-electron chi connectivity index (χ0n) is 12.7. The Hall–Kier alpha value is -1.92. The first-order valence-electron chi connectivity index (χ1n) is 7.13. The summed E-state index contributed by atoms with van der Waals surface area (Å²) < 4.78 is 3.16. The zero-order valence-corrected chi connectivity index (χ0v) is 14.3. The maximum absolute atomic E-state index is 4.69. The normalized spacial score (nSPS) is 11.6. The highest BCUT2D eigenvalue weighted by Crippen LogP contribution is 2.38. The number of pyridine rings is 1. The van der Waals surface area contributed by atoms with Crippen LogP contribution in [0.5, 0.6) is 0 Å². The molecule has 4 aromatic rings. The van der Waals surface area contributed by atoms with Gasteiger partial charge in [-0.1, -0.05) is 6.07 Å². The van der Waals surface area contributed by atoms with E-state index in [-0.39, 0.29) is 0 Å². The summed E-state index contributed by atoms with van der Waals surface area (Å²) in [4.78, 5) is 7.10. The van der Waals surface area contributed by atoms with Crippen molar-refractivity contribution in [3.63, 3.8) is 0 Å². The molecule has 4 heterocycles. The van der Waals surface area contributed by atoms with Crippen molar-refractivity contribution in [2.24, 2.45) is 7.05 Å². The van der Waals surface area contributed by atoms with E-state index in [0.717, 1.165) is 22.9 Å². The molecule has 6 heteroatoms. The Morgan fingerprint density at radius 1 is 1.32 bits per heavy atom. The van der Waals surface area contributed by atoms with Crippen LogP contribution < -0.4 is 5.32 Å². The number of thiophene rings is 2. The number of aryl methyl sites for hydroxylation is 3. The molecule has 0 spiro atoms. The predicted octanol–water partition coefficient (Wildman–Crippen LogP) is 4.47. The Morgan fingerprint density at radius 3 is 2.95 bits per heavy atom. The SMILES string of the molecule is Cc1cc(C)c2c(n1)sc1c(NCc3cccs3)nn(C)c12. The molecular weight excluding hydrogens is 312 g/mol. The van der Waals surface area contributed by atoms with Crippen LogP contribution in [0.2, 0.25) is 0 Å². The summed E-state index contributed by atoms with van der Waals surface area (Å²) in [5.41, 5.74) is 3.51. The van der Waals surface area contributed by atoms with Crippen molar-refractivity contribution in [2.45, 2.75) is 20.4 Å². The second-order valence-electron chi connectivity index (χ2n) is 5.45. The van der Waals surface area contributed by atoms with Gasteiger partial charge in [0, 0.05) is 23.0 Å². The van der Waals surface area contributed by atoms with Crippen LogP contribution in [0, 0.1) is 13.8 Å². The van der Waals surface area contributed by atoms with Gasteiger partial charge in [0.2, 0.25) is 0 Å². The Morgan fingerprint density at radius 2 is 2.18 bits per heavy atom. The van der Waals surface area contributed by atoms with Gasteiger partial charge in [-0.2, -0.15) is 5.10 Å². The van der Waals surface area contributed by atoms with Crippen LogP contribution in [0.25, 0.3) is 20.4 Å². The number of hydrogen-bond acceptors (Lipinski definition) is 5. The van der Waals surface area contributed by atoms with Crippen molar-refractivity contribution in [3.8, 4) is 0 Å². The molecule has 0 atom stereocenters. The molecule has 4 nitrogen and oxygen atoms in total. The van der Waals surface area contributed by atoms with E-state index in [1.165, 1.54) is 26.0 Å². The third-order valence-electron chi connectivity index (χ3n) is 3.76. The van der Waals surface area contributed by atoms with Gasteiger partial charge >= 0.3 is 0 Å². The Balaban J connectivity index is 1.84. The summed E-state index contributed by atoms with van der Waals surface area (Å²) in [6.45, 7) is 5.00. The molecule has 0 aliphatic rings. The summed E-state index contributed by atoms with van der Waals surface area (Å²) in [7, 11) is 2.00. The Labute approximate surface area is 136 Å². The minimum Gasteiger partial charge on any atom is -0.363 e. The van der Waals surface area contributed by atoms with Gasteiger partial charge in [0.15, 0.2) is 5.82 Å². The molecule has 22 heavy (non-hydrogen) atoms. The van der Waals surface area contributed by atoms with Crippen LogP contribution in [0.3, 0.4) is 0 Å². The average molecular weight is 328 g/mol. The largest absolute Gasteiger partial charge is 0.363 e. The first-order chi connectivity index (χ1) is 10.6. The topological polar surface area (TPSA) is 42.7 Å². The number of hydrogen-bond donors (Lipinski definition) is 1. The fourth-order valence-electron chi connectivity index (χ4n) is 2.84. The molecule has 0 aliphatic heterocycles. The molecule has 0 aromatic carbocycles. The molecular formula is C16H16N4S2. The van der Waals surface area contributed by atoms with E-state index in [9.17, 15) is 0 Å². The summed E-state index contributed by atoms with van der Waals surface area (Å²) in [5.74, 6) is 0.950. The number of nitrogens with zero attached hydrogens (tertiary/aromatic N) is 3. The number of anilines is 1.